The first kappa shape index (κ1) is 28.2. The lowest BCUT2D eigenvalue weighted by molar-refractivity contribution is 0.0994. The van der Waals surface area contributed by atoms with Crippen molar-refractivity contribution in [1.29, 1.82) is 0 Å². The van der Waals surface area contributed by atoms with Gasteiger partial charge in [-0.2, -0.15) is 9.97 Å². The molecule has 210 valence electrons. The SMILES string of the molecule is COc1nc(NCCCN(C)C)nc(OC)c1NC(=O)c1ccc(Cc2c(C)cc(C)c3c2OCC3(C)C)o1. The lowest BCUT2D eigenvalue weighted by atomic mass is 9.82. The van der Waals surface area contributed by atoms with E-state index in [9.17, 15) is 4.79 Å². The van der Waals surface area contributed by atoms with E-state index in [2.05, 4.69) is 59.3 Å². The number of anilines is 2. The van der Waals surface area contributed by atoms with Crippen LogP contribution in [0.25, 0.3) is 0 Å². The molecule has 0 bridgehead atoms. The van der Waals surface area contributed by atoms with Crippen molar-refractivity contribution in [2.75, 3.05) is 58.6 Å². The maximum absolute atomic E-state index is 13.1. The number of carbonyl (C=O) groups is 1. The van der Waals surface area contributed by atoms with Crippen LogP contribution in [0, 0.1) is 13.8 Å². The van der Waals surface area contributed by atoms with Crippen molar-refractivity contribution < 1.29 is 23.4 Å². The van der Waals surface area contributed by atoms with Gasteiger partial charge in [-0.3, -0.25) is 4.79 Å². The van der Waals surface area contributed by atoms with Gasteiger partial charge in [0.2, 0.25) is 17.7 Å². The second-order valence-corrected chi connectivity index (χ2v) is 10.8. The van der Waals surface area contributed by atoms with Crippen molar-refractivity contribution in [3.05, 3.63) is 52.0 Å². The lowest BCUT2D eigenvalue weighted by Crippen LogP contribution is -2.19. The van der Waals surface area contributed by atoms with Gasteiger partial charge >= 0.3 is 0 Å². The van der Waals surface area contributed by atoms with Crippen LogP contribution in [0.4, 0.5) is 11.6 Å². The van der Waals surface area contributed by atoms with Crippen LogP contribution < -0.4 is 24.8 Å². The van der Waals surface area contributed by atoms with Gasteiger partial charge < -0.3 is 34.2 Å². The van der Waals surface area contributed by atoms with E-state index < -0.39 is 5.91 Å². The quantitative estimate of drug-likeness (QED) is 0.340. The molecule has 10 heteroatoms. The molecule has 2 N–H and O–H groups in total. The first-order valence-corrected chi connectivity index (χ1v) is 13.1. The van der Waals surface area contributed by atoms with Gasteiger partial charge in [-0.1, -0.05) is 19.9 Å². The topological polar surface area (TPSA) is 111 Å². The van der Waals surface area contributed by atoms with E-state index in [0.29, 0.717) is 31.3 Å². The third-order valence-electron chi connectivity index (χ3n) is 6.83. The fraction of sp³-hybridized carbons (Fsp3) is 0.483. The van der Waals surface area contributed by atoms with Gasteiger partial charge in [-0.05, 0) is 64.2 Å². The van der Waals surface area contributed by atoms with Gasteiger partial charge in [0.1, 0.15) is 11.5 Å². The minimum atomic E-state index is -0.462. The van der Waals surface area contributed by atoms with Gasteiger partial charge in [0.05, 0.1) is 20.8 Å². The first-order valence-electron chi connectivity index (χ1n) is 13.1. The Hall–Kier alpha value is -3.79. The Labute approximate surface area is 230 Å². The Bertz CT molecular complexity index is 1320. The molecule has 2 aromatic heterocycles. The molecule has 0 fully saturated rings. The van der Waals surface area contributed by atoms with Crippen molar-refractivity contribution in [3.8, 4) is 17.5 Å². The molecule has 0 saturated heterocycles. The number of carbonyl (C=O) groups excluding carboxylic acids is 1. The van der Waals surface area contributed by atoms with Gasteiger partial charge in [0.25, 0.3) is 5.91 Å². The number of hydrogen-bond donors (Lipinski definition) is 2. The Morgan fingerprint density at radius 3 is 2.44 bits per heavy atom. The molecule has 1 aromatic carbocycles. The van der Waals surface area contributed by atoms with E-state index in [1.165, 1.54) is 25.3 Å². The lowest BCUT2D eigenvalue weighted by Gasteiger charge is -2.19. The highest BCUT2D eigenvalue weighted by atomic mass is 16.5. The van der Waals surface area contributed by atoms with Crippen molar-refractivity contribution >= 4 is 17.5 Å². The van der Waals surface area contributed by atoms with Crippen LogP contribution in [0.3, 0.4) is 0 Å². The fourth-order valence-electron chi connectivity index (χ4n) is 4.98. The molecule has 0 radical (unpaired) electrons. The molecule has 4 rings (SSSR count). The van der Waals surface area contributed by atoms with Gasteiger partial charge in [-0.25, -0.2) is 0 Å². The van der Waals surface area contributed by atoms with E-state index in [1.54, 1.807) is 6.07 Å². The van der Waals surface area contributed by atoms with E-state index in [4.69, 9.17) is 18.6 Å². The van der Waals surface area contributed by atoms with Gasteiger partial charge in [0.15, 0.2) is 11.4 Å². The third kappa shape index (κ3) is 6.11. The molecule has 1 amide bonds. The number of ether oxygens (including phenoxy) is 3. The predicted molar refractivity (Wildman–Crippen MR) is 151 cm³/mol. The largest absolute Gasteiger partial charge is 0.492 e. The van der Waals surface area contributed by atoms with E-state index in [-0.39, 0.29) is 28.6 Å². The molecule has 3 heterocycles. The van der Waals surface area contributed by atoms with Crippen molar-refractivity contribution in [2.24, 2.45) is 0 Å². The summed E-state index contributed by atoms with van der Waals surface area (Å²) in [6.45, 7) is 10.8. The number of nitrogens with one attached hydrogen (secondary N) is 2. The Morgan fingerprint density at radius 1 is 1.10 bits per heavy atom. The molecule has 0 unspecified atom stereocenters. The maximum Gasteiger partial charge on any atom is 0.291 e. The number of rotatable bonds is 11. The minimum absolute atomic E-state index is 0.0481. The number of methoxy groups -OCH3 is 2. The van der Waals surface area contributed by atoms with Crippen molar-refractivity contribution in [1.82, 2.24) is 14.9 Å². The van der Waals surface area contributed by atoms with E-state index in [0.717, 1.165) is 29.8 Å². The predicted octanol–water partition coefficient (Wildman–Crippen LogP) is 4.58. The van der Waals surface area contributed by atoms with Crippen LogP contribution in [0.1, 0.15) is 58.8 Å². The zero-order valence-corrected chi connectivity index (χ0v) is 24.2. The summed E-state index contributed by atoms with van der Waals surface area (Å²) in [6.07, 6.45) is 1.43. The standard InChI is InChI=1S/C29H39N5O5/c1-17-14-18(2)22-24(38-16-29(22,3)4)20(17)15-19-10-11-21(39-19)25(35)31-23-26(36-7)32-28(33-27(23)37-8)30-12-9-13-34(5)6/h10-11,14H,9,12-13,15-16H2,1-8H3,(H,31,35)(H,30,32,33). The molecule has 3 aromatic rings. The zero-order chi connectivity index (χ0) is 28.3. The number of fused-ring (bicyclic) bond motifs is 1. The molecule has 1 aliphatic rings. The highest BCUT2D eigenvalue weighted by molar-refractivity contribution is 6.03. The van der Waals surface area contributed by atoms with Crippen LogP contribution in [0.5, 0.6) is 17.5 Å². The van der Waals surface area contributed by atoms with E-state index in [1.807, 2.05) is 20.2 Å². The Balaban J connectivity index is 1.51. The van der Waals surface area contributed by atoms with Crippen molar-refractivity contribution in [2.45, 2.75) is 46.0 Å². The molecule has 0 atom stereocenters. The number of furan rings is 1. The monoisotopic (exact) mass is 537 g/mol. The number of benzene rings is 1. The first-order chi connectivity index (χ1) is 18.5. The molecular weight excluding hydrogens is 498 g/mol. The minimum Gasteiger partial charge on any atom is -0.492 e. The molecule has 1 aliphatic heterocycles. The number of nitrogens with zero attached hydrogens (tertiary/aromatic N) is 3. The Morgan fingerprint density at radius 2 is 1.79 bits per heavy atom. The number of aromatic nitrogens is 2. The van der Waals surface area contributed by atoms with Crippen LogP contribution in [0.2, 0.25) is 0 Å². The maximum atomic E-state index is 13.1. The fourth-order valence-corrected chi connectivity index (χ4v) is 4.98. The second kappa shape index (κ2) is 11.5. The summed E-state index contributed by atoms with van der Waals surface area (Å²) in [5, 5.41) is 5.96. The molecule has 10 nitrogen and oxygen atoms in total. The molecule has 39 heavy (non-hydrogen) atoms. The number of aryl methyl sites for hydroxylation is 2. The van der Waals surface area contributed by atoms with Crippen LogP contribution in [0.15, 0.2) is 22.6 Å². The average molecular weight is 538 g/mol. The van der Waals surface area contributed by atoms with Crippen molar-refractivity contribution in [3.63, 3.8) is 0 Å². The van der Waals surface area contributed by atoms with Crippen LogP contribution in [-0.2, 0) is 11.8 Å². The second-order valence-electron chi connectivity index (χ2n) is 10.8. The highest BCUT2D eigenvalue weighted by Crippen LogP contribution is 2.44. The number of hydrogen-bond acceptors (Lipinski definition) is 9. The summed E-state index contributed by atoms with van der Waals surface area (Å²) < 4.78 is 23.0. The van der Waals surface area contributed by atoms with Gasteiger partial charge in [-0.15, -0.1) is 0 Å². The normalized spacial score (nSPS) is 13.7. The molecule has 0 spiro atoms. The third-order valence-corrected chi connectivity index (χ3v) is 6.83. The smallest absolute Gasteiger partial charge is 0.291 e. The summed E-state index contributed by atoms with van der Waals surface area (Å²) in [4.78, 5) is 24.0. The summed E-state index contributed by atoms with van der Waals surface area (Å²) in [5.74, 6) is 2.01. The van der Waals surface area contributed by atoms with Crippen LogP contribution in [-0.4, -0.2) is 68.8 Å². The van der Waals surface area contributed by atoms with E-state index >= 15 is 0 Å². The average Bonchev–Trinajstić information content (AvgIpc) is 3.48. The summed E-state index contributed by atoms with van der Waals surface area (Å²) in [6, 6.07) is 5.66. The summed E-state index contributed by atoms with van der Waals surface area (Å²) in [7, 11) is 6.99. The summed E-state index contributed by atoms with van der Waals surface area (Å²) >= 11 is 0. The molecule has 0 saturated carbocycles. The Kier molecular flexibility index (Phi) is 8.34. The highest BCUT2D eigenvalue weighted by Gasteiger charge is 2.36. The zero-order valence-electron chi connectivity index (χ0n) is 24.2. The molecular formula is C29H39N5O5. The van der Waals surface area contributed by atoms with Gasteiger partial charge in [0, 0.05) is 29.5 Å². The summed E-state index contributed by atoms with van der Waals surface area (Å²) in [5.41, 5.74) is 4.86. The molecule has 0 aliphatic carbocycles. The van der Waals surface area contributed by atoms with Crippen LogP contribution >= 0.6 is 0 Å². The number of amides is 1.